The van der Waals surface area contributed by atoms with Crippen molar-refractivity contribution in [1.82, 2.24) is 20.1 Å². The minimum atomic E-state index is -0.534. The highest BCUT2D eigenvalue weighted by molar-refractivity contribution is 5.91. The molecule has 0 radical (unpaired) electrons. The Morgan fingerprint density at radius 3 is 2.73 bits per heavy atom. The first-order chi connectivity index (χ1) is 16.2. The first-order valence-corrected chi connectivity index (χ1v) is 12.1. The van der Waals surface area contributed by atoms with Gasteiger partial charge in [-0.15, -0.1) is 0 Å². The minimum Gasteiger partial charge on any atom is -0.467 e. The van der Waals surface area contributed by atoms with Gasteiger partial charge in [-0.25, -0.2) is 4.98 Å². The molecule has 33 heavy (non-hydrogen) atoms. The average Bonchev–Trinajstić information content (AvgIpc) is 3.52. The van der Waals surface area contributed by atoms with Crippen LogP contribution in [-0.4, -0.2) is 77.8 Å². The number of rotatable bonds is 11. The van der Waals surface area contributed by atoms with E-state index in [4.69, 9.17) is 13.6 Å². The van der Waals surface area contributed by atoms with Crippen LogP contribution in [-0.2, 0) is 17.9 Å². The molecule has 1 unspecified atom stereocenters. The second-order valence-corrected chi connectivity index (χ2v) is 9.17. The van der Waals surface area contributed by atoms with E-state index >= 15 is 0 Å². The summed E-state index contributed by atoms with van der Waals surface area (Å²) in [6.45, 7) is 5.95. The molecule has 1 saturated heterocycles. The first-order valence-electron chi connectivity index (χ1n) is 12.1. The summed E-state index contributed by atoms with van der Waals surface area (Å²) in [5, 5.41) is 13.3. The molecule has 1 aliphatic heterocycles. The molecule has 1 aliphatic carbocycles. The number of furan rings is 1. The van der Waals surface area contributed by atoms with Gasteiger partial charge in [0.2, 0.25) is 5.89 Å². The number of hydrogen-bond acceptors (Lipinski definition) is 8. The summed E-state index contributed by atoms with van der Waals surface area (Å²) in [7, 11) is 0. The second-order valence-electron chi connectivity index (χ2n) is 9.17. The zero-order chi connectivity index (χ0) is 22.9. The van der Waals surface area contributed by atoms with Crippen molar-refractivity contribution in [3.8, 4) is 0 Å². The third kappa shape index (κ3) is 7.67. The Morgan fingerprint density at radius 2 is 1.97 bits per heavy atom. The van der Waals surface area contributed by atoms with Crippen LogP contribution in [0.3, 0.4) is 0 Å². The lowest BCUT2D eigenvalue weighted by Crippen LogP contribution is -2.48. The standard InChI is InChI=1S/C24H36N4O5/c29-20(16-31-17-21-7-4-12-32-21)14-27-8-10-28(11-9-27)15-23-26-22(18-33-23)24(30)25-13-19-5-2-1-3-6-19/h4,7,12,18-20,29H,1-3,5-6,8-11,13-17H2,(H,25,30). The SMILES string of the molecule is O=C(NCC1CCCCC1)c1coc(CN2CCN(CC(O)COCc3ccco3)CC2)n1. The molecule has 0 spiro atoms. The number of β-amino-alcohol motifs (C(OH)–C–C–N with tert-alkyl or cyclic N) is 1. The maximum absolute atomic E-state index is 12.4. The number of aliphatic hydroxyl groups is 1. The highest BCUT2D eigenvalue weighted by Gasteiger charge is 2.22. The van der Waals surface area contributed by atoms with Gasteiger partial charge in [0.15, 0.2) is 5.69 Å². The van der Waals surface area contributed by atoms with Crippen molar-refractivity contribution >= 4 is 5.91 Å². The van der Waals surface area contributed by atoms with E-state index in [1.165, 1.54) is 38.4 Å². The van der Waals surface area contributed by atoms with Crippen molar-refractivity contribution in [1.29, 1.82) is 0 Å². The van der Waals surface area contributed by atoms with Crippen molar-refractivity contribution in [2.24, 2.45) is 5.92 Å². The van der Waals surface area contributed by atoms with Gasteiger partial charge in [0.1, 0.15) is 18.6 Å². The Kier molecular flexibility index (Phi) is 8.93. The molecule has 4 rings (SSSR count). The van der Waals surface area contributed by atoms with E-state index in [1.807, 2.05) is 12.1 Å². The van der Waals surface area contributed by atoms with Crippen molar-refractivity contribution in [2.45, 2.75) is 51.4 Å². The van der Waals surface area contributed by atoms with Crippen LogP contribution in [0.15, 0.2) is 33.5 Å². The van der Waals surface area contributed by atoms with E-state index in [1.54, 1.807) is 6.26 Å². The van der Waals surface area contributed by atoms with Crippen molar-refractivity contribution in [2.75, 3.05) is 45.9 Å². The number of hydrogen-bond donors (Lipinski definition) is 2. The number of carbonyl (C=O) groups is 1. The van der Waals surface area contributed by atoms with Crippen LogP contribution in [0.25, 0.3) is 0 Å². The number of amides is 1. The predicted molar refractivity (Wildman–Crippen MR) is 121 cm³/mol. The van der Waals surface area contributed by atoms with Crippen LogP contribution in [0.2, 0.25) is 0 Å². The molecular formula is C24H36N4O5. The van der Waals surface area contributed by atoms with Crippen LogP contribution < -0.4 is 5.32 Å². The second kappa shape index (κ2) is 12.3. The topological polar surface area (TPSA) is 104 Å². The first kappa shape index (κ1) is 23.9. The van der Waals surface area contributed by atoms with Gasteiger partial charge in [-0.2, -0.15) is 0 Å². The lowest BCUT2D eigenvalue weighted by atomic mass is 9.89. The van der Waals surface area contributed by atoms with Crippen molar-refractivity contribution < 1.29 is 23.5 Å². The number of carbonyl (C=O) groups excluding carboxylic acids is 1. The zero-order valence-electron chi connectivity index (χ0n) is 19.3. The summed E-state index contributed by atoms with van der Waals surface area (Å²) in [6.07, 6.45) is 8.78. The number of nitrogens with zero attached hydrogens (tertiary/aromatic N) is 3. The minimum absolute atomic E-state index is 0.149. The smallest absolute Gasteiger partial charge is 0.273 e. The normalized spacial score (nSPS) is 19.5. The fraction of sp³-hybridized carbons (Fsp3) is 0.667. The van der Waals surface area contributed by atoms with Crippen LogP contribution >= 0.6 is 0 Å². The quantitative estimate of drug-likeness (QED) is 0.526. The summed E-state index contributed by atoms with van der Waals surface area (Å²) >= 11 is 0. The summed E-state index contributed by atoms with van der Waals surface area (Å²) in [5.41, 5.74) is 0.358. The molecule has 9 heteroatoms. The predicted octanol–water partition coefficient (Wildman–Crippen LogP) is 2.27. The Morgan fingerprint density at radius 1 is 1.18 bits per heavy atom. The number of aliphatic hydroxyl groups excluding tert-OH is 1. The van der Waals surface area contributed by atoms with Gasteiger partial charge in [0, 0.05) is 39.3 Å². The number of ether oxygens (including phenoxy) is 1. The fourth-order valence-electron chi connectivity index (χ4n) is 4.57. The van der Waals surface area contributed by atoms with Crippen LogP contribution in [0.5, 0.6) is 0 Å². The summed E-state index contributed by atoms with van der Waals surface area (Å²) < 4.78 is 16.3. The van der Waals surface area contributed by atoms with Crippen LogP contribution in [0.1, 0.15) is 54.2 Å². The van der Waals surface area contributed by atoms with Crippen LogP contribution in [0, 0.1) is 5.92 Å². The highest BCUT2D eigenvalue weighted by atomic mass is 16.5. The molecule has 2 N–H and O–H groups in total. The average molecular weight is 461 g/mol. The van der Waals surface area contributed by atoms with Gasteiger partial charge >= 0.3 is 0 Å². The molecule has 2 fully saturated rings. The fourth-order valence-corrected chi connectivity index (χ4v) is 4.57. The van der Waals surface area contributed by atoms with Crippen molar-refractivity contribution in [3.05, 3.63) is 42.0 Å². The number of aromatic nitrogens is 1. The van der Waals surface area contributed by atoms with Gasteiger partial charge in [0.25, 0.3) is 5.91 Å². The Bertz CT molecular complexity index is 826. The van der Waals surface area contributed by atoms with E-state index < -0.39 is 6.10 Å². The highest BCUT2D eigenvalue weighted by Crippen LogP contribution is 2.22. The van der Waals surface area contributed by atoms with Gasteiger partial charge < -0.3 is 24.0 Å². The van der Waals surface area contributed by atoms with Gasteiger partial charge in [-0.3, -0.25) is 14.6 Å². The zero-order valence-corrected chi connectivity index (χ0v) is 19.3. The maximum atomic E-state index is 12.4. The van der Waals surface area contributed by atoms with Crippen LogP contribution in [0.4, 0.5) is 0 Å². The monoisotopic (exact) mass is 460 g/mol. The van der Waals surface area contributed by atoms with Crippen molar-refractivity contribution in [3.63, 3.8) is 0 Å². The molecule has 9 nitrogen and oxygen atoms in total. The Labute approximate surface area is 195 Å². The molecule has 1 atom stereocenters. The largest absolute Gasteiger partial charge is 0.467 e. The summed E-state index contributed by atoms with van der Waals surface area (Å²) in [5.74, 6) is 1.76. The summed E-state index contributed by atoms with van der Waals surface area (Å²) in [6, 6.07) is 3.67. The van der Waals surface area contributed by atoms with E-state index in [2.05, 4.69) is 20.1 Å². The molecule has 182 valence electrons. The molecule has 1 saturated carbocycles. The lowest BCUT2D eigenvalue weighted by molar-refractivity contribution is -0.00353. The molecular weight excluding hydrogens is 424 g/mol. The third-order valence-electron chi connectivity index (χ3n) is 6.49. The molecule has 1 amide bonds. The van der Waals surface area contributed by atoms with Gasteiger partial charge in [-0.1, -0.05) is 19.3 Å². The van der Waals surface area contributed by atoms with Gasteiger partial charge in [-0.05, 0) is 30.9 Å². The number of nitrogens with one attached hydrogen (secondary N) is 1. The van der Waals surface area contributed by atoms with E-state index in [0.717, 1.165) is 38.5 Å². The lowest BCUT2D eigenvalue weighted by Gasteiger charge is -2.34. The number of piperazine rings is 1. The van der Waals surface area contributed by atoms with Gasteiger partial charge in [0.05, 0.1) is 25.5 Å². The molecule has 2 aromatic rings. The Hall–Kier alpha value is -2.20. The number of oxazole rings is 1. The van der Waals surface area contributed by atoms with E-state index in [0.29, 0.717) is 37.2 Å². The molecule has 2 aliphatic rings. The Balaban J connectivity index is 1.11. The molecule has 0 aromatic carbocycles. The summed E-state index contributed by atoms with van der Waals surface area (Å²) in [4.78, 5) is 21.3. The third-order valence-corrected chi connectivity index (χ3v) is 6.49. The van der Waals surface area contributed by atoms with E-state index in [9.17, 15) is 9.90 Å². The van der Waals surface area contributed by atoms with E-state index in [-0.39, 0.29) is 12.5 Å². The molecule has 3 heterocycles. The maximum Gasteiger partial charge on any atom is 0.273 e. The molecule has 0 bridgehead atoms. The molecule has 2 aromatic heterocycles.